The van der Waals surface area contributed by atoms with Crippen molar-refractivity contribution < 1.29 is 4.79 Å². The summed E-state index contributed by atoms with van der Waals surface area (Å²) in [4.78, 5) is 12.5. The lowest BCUT2D eigenvalue weighted by atomic mass is 9.90. The zero-order chi connectivity index (χ0) is 14.2. The lowest BCUT2D eigenvalue weighted by Gasteiger charge is -2.34. The Morgan fingerprint density at radius 2 is 2.05 bits per heavy atom. The van der Waals surface area contributed by atoms with Gasteiger partial charge in [0.15, 0.2) is 5.69 Å². The van der Waals surface area contributed by atoms with Crippen molar-refractivity contribution in [3.8, 4) is 0 Å². The molecule has 0 unspecified atom stereocenters. The van der Waals surface area contributed by atoms with Gasteiger partial charge in [-0.2, -0.15) is 5.10 Å². The first-order valence-electron chi connectivity index (χ1n) is 7.04. The second-order valence-corrected chi connectivity index (χ2v) is 5.75. The fraction of sp³-hybridized carbons (Fsp3) is 0.467. The van der Waals surface area contributed by atoms with E-state index in [9.17, 15) is 4.79 Å². The average molecular weight is 272 g/mol. The molecule has 1 aliphatic heterocycles. The van der Waals surface area contributed by atoms with Gasteiger partial charge in [-0.15, -0.1) is 0 Å². The molecular weight excluding hydrogens is 252 g/mol. The highest BCUT2D eigenvalue weighted by Crippen LogP contribution is 2.21. The summed E-state index contributed by atoms with van der Waals surface area (Å²) < 4.78 is 1.76. The molecule has 1 saturated heterocycles. The van der Waals surface area contributed by atoms with Gasteiger partial charge in [-0.05, 0) is 38.9 Å². The number of aryl methyl sites for hydroxylation is 1. The Morgan fingerprint density at radius 1 is 1.35 bits per heavy atom. The standard InChI is InChI=1S/C15H20N4O/c1-15(7-9-16-10-8-15)17-14(20)13-11-5-3-4-6-12(11)19(2)18-13/h3-6,16H,7-10H2,1-2H3,(H,17,20). The maximum Gasteiger partial charge on any atom is 0.272 e. The van der Waals surface area contributed by atoms with Crippen molar-refractivity contribution in [2.45, 2.75) is 25.3 Å². The maximum atomic E-state index is 12.5. The summed E-state index contributed by atoms with van der Waals surface area (Å²) in [5.74, 6) is -0.0776. The number of rotatable bonds is 2. The van der Waals surface area contributed by atoms with E-state index in [4.69, 9.17) is 0 Å². The number of piperidine rings is 1. The molecule has 0 saturated carbocycles. The number of amides is 1. The molecule has 2 N–H and O–H groups in total. The maximum absolute atomic E-state index is 12.5. The number of carbonyl (C=O) groups excluding carboxylic acids is 1. The van der Waals surface area contributed by atoms with Crippen LogP contribution in [0.4, 0.5) is 0 Å². The van der Waals surface area contributed by atoms with E-state index in [0.29, 0.717) is 5.69 Å². The Morgan fingerprint density at radius 3 is 2.80 bits per heavy atom. The topological polar surface area (TPSA) is 59.0 Å². The Bertz CT molecular complexity index is 640. The SMILES string of the molecule is Cn1nc(C(=O)NC2(C)CCNCC2)c2ccccc21. The van der Waals surface area contributed by atoms with E-state index < -0.39 is 0 Å². The molecule has 1 aliphatic rings. The van der Waals surface area contributed by atoms with Gasteiger partial charge in [0.05, 0.1) is 5.52 Å². The average Bonchev–Trinajstić information content (AvgIpc) is 2.77. The van der Waals surface area contributed by atoms with Crippen molar-refractivity contribution >= 4 is 16.8 Å². The fourth-order valence-electron chi connectivity index (χ4n) is 2.82. The summed E-state index contributed by atoms with van der Waals surface area (Å²) in [5, 5.41) is 11.8. The minimum Gasteiger partial charge on any atom is -0.345 e. The molecular formula is C15H20N4O. The summed E-state index contributed by atoms with van der Waals surface area (Å²) >= 11 is 0. The summed E-state index contributed by atoms with van der Waals surface area (Å²) in [5.41, 5.74) is 1.36. The summed E-state index contributed by atoms with van der Waals surface area (Å²) in [6.07, 6.45) is 1.90. The molecule has 1 amide bonds. The number of hydrogen-bond acceptors (Lipinski definition) is 3. The molecule has 0 bridgehead atoms. The van der Waals surface area contributed by atoms with Gasteiger partial charge in [0.25, 0.3) is 5.91 Å². The number of aromatic nitrogens is 2. The first-order valence-corrected chi connectivity index (χ1v) is 7.04. The summed E-state index contributed by atoms with van der Waals surface area (Å²) in [6.45, 7) is 4.00. The van der Waals surface area contributed by atoms with E-state index in [0.717, 1.165) is 36.8 Å². The third-order valence-corrected chi connectivity index (χ3v) is 4.10. The van der Waals surface area contributed by atoms with Crippen LogP contribution in [0, 0.1) is 0 Å². The van der Waals surface area contributed by atoms with Gasteiger partial charge >= 0.3 is 0 Å². The van der Waals surface area contributed by atoms with E-state index >= 15 is 0 Å². The predicted molar refractivity (Wildman–Crippen MR) is 78.7 cm³/mol. The molecule has 3 rings (SSSR count). The van der Waals surface area contributed by atoms with Gasteiger partial charge in [-0.3, -0.25) is 9.48 Å². The highest BCUT2D eigenvalue weighted by Gasteiger charge is 2.30. The highest BCUT2D eigenvalue weighted by molar-refractivity contribution is 6.05. The predicted octanol–water partition coefficient (Wildman–Crippen LogP) is 1.45. The Kier molecular flexibility index (Phi) is 3.22. The monoisotopic (exact) mass is 272 g/mol. The zero-order valence-electron chi connectivity index (χ0n) is 11.9. The van der Waals surface area contributed by atoms with Crippen LogP contribution in [-0.2, 0) is 7.05 Å². The molecule has 2 aromatic rings. The molecule has 5 heteroatoms. The molecule has 0 spiro atoms. The molecule has 0 aliphatic carbocycles. The number of nitrogens with one attached hydrogen (secondary N) is 2. The van der Waals surface area contributed by atoms with Crippen molar-refractivity contribution in [1.29, 1.82) is 0 Å². The third kappa shape index (κ3) is 2.29. The van der Waals surface area contributed by atoms with Crippen molar-refractivity contribution in [3.05, 3.63) is 30.0 Å². The van der Waals surface area contributed by atoms with Gasteiger partial charge in [0.1, 0.15) is 0 Å². The minimum atomic E-state index is -0.138. The second-order valence-electron chi connectivity index (χ2n) is 5.75. The third-order valence-electron chi connectivity index (χ3n) is 4.10. The van der Waals surface area contributed by atoms with Crippen LogP contribution in [0.1, 0.15) is 30.3 Å². The number of nitrogens with zero attached hydrogens (tertiary/aromatic N) is 2. The van der Waals surface area contributed by atoms with E-state index in [2.05, 4.69) is 22.7 Å². The van der Waals surface area contributed by atoms with E-state index in [1.807, 2.05) is 31.3 Å². The number of fused-ring (bicyclic) bond motifs is 1. The lowest BCUT2D eigenvalue weighted by molar-refractivity contribution is 0.0883. The molecule has 0 radical (unpaired) electrons. The van der Waals surface area contributed by atoms with Crippen molar-refractivity contribution in [1.82, 2.24) is 20.4 Å². The molecule has 2 heterocycles. The van der Waals surface area contributed by atoms with Crippen molar-refractivity contribution in [2.24, 2.45) is 7.05 Å². The van der Waals surface area contributed by atoms with Gasteiger partial charge in [-0.1, -0.05) is 18.2 Å². The minimum absolute atomic E-state index is 0.0776. The van der Waals surface area contributed by atoms with Gasteiger partial charge < -0.3 is 10.6 Å². The summed E-state index contributed by atoms with van der Waals surface area (Å²) in [6, 6.07) is 7.82. The van der Waals surface area contributed by atoms with Crippen LogP contribution in [0.15, 0.2) is 24.3 Å². The van der Waals surface area contributed by atoms with E-state index in [1.165, 1.54) is 0 Å². The number of para-hydroxylation sites is 1. The molecule has 1 fully saturated rings. The Hall–Kier alpha value is -1.88. The summed E-state index contributed by atoms with van der Waals surface area (Å²) in [7, 11) is 1.87. The van der Waals surface area contributed by atoms with Crippen LogP contribution in [0.3, 0.4) is 0 Å². The number of hydrogen-bond donors (Lipinski definition) is 2. The molecule has 1 aromatic carbocycles. The van der Waals surface area contributed by atoms with Crippen LogP contribution >= 0.6 is 0 Å². The van der Waals surface area contributed by atoms with Crippen LogP contribution in [0.25, 0.3) is 10.9 Å². The van der Waals surface area contributed by atoms with Crippen LogP contribution in [-0.4, -0.2) is 34.3 Å². The molecule has 106 valence electrons. The first-order chi connectivity index (χ1) is 9.59. The van der Waals surface area contributed by atoms with E-state index in [-0.39, 0.29) is 11.4 Å². The Labute approximate surface area is 118 Å². The second kappa shape index (κ2) is 4.90. The van der Waals surface area contributed by atoms with Gasteiger partial charge in [0, 0.05) is 18.0 Å². The number of benzene rings is 1. The van der Waals surface area contributed by atoms with Crippen LogP contribution in [0.5, 0.6) is 0 Å². The quantitative estimate of drug-likeness (QED) is 0.870. The van der Waals surface area contributed by atoms with Crippen molar-refractivity contribution in [3.63, 3.8) is 0 Å². The molecule has 1 aromatic heterocycles. The van der Waals surface area contributed by atoms with Gasteiger partial charge in [-0.25, -0.2) is 0 Å². The normalized spacial score (nSPS) is 18.1. The molecule has 20 heavy (non-hydrogen) atoms. The van der Waals surface area contributed by atoms with E-state index in [1.54, 1.807) is 4.68 Å². The van der Waals surface area contributed by atoms with Crippen LogP contribution in [0.2, 0.25) is 0 Å². The van der Waals surface area contributed by atoms with Gasteiger partial charge in [0.2, 0.25) is 0 Å². The zero-order valence-corrected chi connectivity index (χ0v) is 11.9. The van der Waals surface area contributed by atoms with Crippen LogP contribution < -0.4 is 10.6 Å². The Balaban J connectivity index is 1.89. The first kappa shape index (κ1) is 13.1. The fourth-order valence-corrected chi connectivity index (χ4v) is 2.82. The molecule has 5 nitrogen and oxygen atoms in total. The smallest absolute Gasteiger partial charge is 0.272 e. The lowest BCUT2D eigenvalue weighted by Crippen LogP contribution is -2.52. The highest BCUT2D eigenvalue weighted by atomic mass is 16.2. The number of carbonyl (C=O) groups is 1. The largest absolute Gasteiger partial charge is 0.345 e. The van der Waals surface area contributed by atoms with Crippen molar-refractivity contribution in [2.75, 3.05) is 13.1 Å². The molecule has 0 atom stereocenters.